The van der Waals surface area contributed by atoms with Gasteiger partial charge in [0.05, 0.1) is 13.0 Å². The second-order valence-electron chi connectivity index (χ2n) is 5.33. The highest BCUT2D eigenvalue weighted by Crippen LogP contribution is 2.21. The maximum Gasteiger partial charge on any atom is 0.339 e. The molecule has 1 rings (SSSR count). The van der Waals surface area contributed by atoms with Gasteiger partial charge in [-0.1, -0.05) is 6.07 Å². The number of rotatable bonds is 5. The lowest BCUT2D eigenvalue weighted by Crippen LogP contribution is -2.24. The van der Waals surface area contributed by atoms with Crippen molar-refractivity contribution in [2.24, 2.45) is 0 Å². The van der Waals surface area contributed by atoms with Gasteiger partial charge < -0.3 is 14.6 Å². The van der Waals surface area contributed by atoms with Crippen LogP contribution in [0.3, 0.4) is 0 Å². The smallest absolute Gasteiger partial charge is 0.339 e. The molecule has 0 unspecified atom stereocenters. The van der Waals surface area contributed by atoms with Crippen LogP contribution in [0.15, 0.2) is 18.2 Å². The van der Waals surface area contributed by atoms with E-state index >= 15 is 0 Å². The maximum atomic E-state index is 11.7. The summed E-state index contributed by atoms with van der Waals surface area (Å²) in [6.45, 7) is 7.51. The molecule has 0 fully saturated rings. The Morgan fingerprint density at radius 1 is 1.25 bits per heavy atom. The van der Waals surface area contributed by atoms with E-state index in [0.717, 1.165) is 0 Å². The third-order valence-electron chi connectivity index (χ3n) is 2.34. The van der Waals surface area contributed by atoms with E-state index in [1.807, 2.05) is 0 Å². The van der Waals surface area contributed by atoms with Crippen LogP contribution in [-0.4, -0.2) is 29.3 Å². The van der Waals surface area contributed by atoms with Crippen molar-refractivity contribution in [1.82, 2.24) is 0 Å². The topological polar surface area (TPSA) is 72.8 Å². The number of esters is 1. The van der Waals surface area contributed by atoms with Crippen LogP contribution in [0.5, 0.6) is 5.75 Å². The third-order valence-corrected chi connectivity index (χ3v) is 2.34. The first-order valence-electron chi connectivity index (χ1n) is 6.44. The summed E-state index contributed by atoms with van der Waals surface area (Å²) < 4.78 is 10.5. The predicted octanol–water partition coefficient (Wildman–Crippen LogP) is 2.67. The molecule has 0 aromatic heterocycles. The number of aromatic carboxylic acids is 1. The van der Waals surface area contributed by atoms with Crippen LogP contribution in [0.1, 0.15) is 43.6 Å². The molecule has 20 heavy (non-hydrogen) atoms. The average molecular weight is 280 g/mol. The van der Waals surface area contributed by atoms with Crippen molar-refractivity contribution < 1.29 is 24.2 Å². The van der Waals surface area contributed by atoms with Crippen LogP contribution in [0.4, 0.5) is 0 Å². The summed E-state index contributed by atoms with van der Waals surface area (Å²) in [5.74, 6) is -1.15. The number of carboxylic acid groups (broad SMARTS) is 1. The van der Waals surface area contributed by atoms with E-state index < -0.39 is 11.6 Å². The van der Waals surface area contributed by atoms with E-state index in [1.165, 1.54) is 6.07 Å². The van der Waals surface area contributed by atoms with E-state index in [4.69, 9.17) is 14.6 Å². The Kier molecular flexibility index (Phi) is 5.13. The number of carbonyl (C=O) groups excluding carboxylic acids is 1. The van der Waals surface area contributed by atoms with Crippen molar-refractivity contribution in [2.45, 2.75) is 39.7 Å². The molecule has 0 amide bonds. The first-order chi connectivity index (χ1) is 9.23. The van der Waals surface area contributed by atoms with Gasteiger partial charge in [-0.3, -0.25) is 4.79 Å². The van der Waals surface area contributed by atoms with E-state index in [1.54, 1.807) is 39.8 Å². The molecule has 0 saturated heterocycles. The Bertz CT molecular complexity index is 499. The van der Waals surface area contributed by atoms with Gasteiger partial charge in [-0.15, -0.1) is 0 Å². The number of hydrogen-bond donors (Lipinski definition) is 1. The highest BCUT2D eigenvalue weighted by Gasteiger charge is 2.18. The zero-order valence-corrected chi connectivity index (χ0v) is 12.2. The van der Waals surface area contributed by atoms with Gasteiger partial charge in [0, 0.05) is 0 Å². The van der Waals surface area contributed by atoms with Crippen molar-refractivity contribution >= 4 is 11.9 Å². The summed E-state index contributed by atoms with van der Waals surface area (Å²) in [6.07, 6.45) is 0.0806. The SMILES string of the molecule is CCOc1cc(CC(=O)OC(C)(C)C)ccc1C(=O)O. The predicted molar refractivity (Wildman–Crippen MR) is 74.1 cm³/mol. The Morgan fingerprint density at radius 2 is 1.90 bits per heavy atom. The summed E-state index contributed by atoms with van der Waals surface area (Å²) in [5.41, 5.74) is 0.202. The standard InChI is InChI=1S/C15H20O5/c1-5-19-12-8-10(6-7-11(12)14(17)18)9-13(16)20-15(2,3)4/h6-8H,5,9H2,1-4H3,(H,17,18). The number of benzene rings is 1. The van der Waals surface area contributed by atoms with Crippen molar-refractivity contribution in [1.29, 1.82) is 0 Å². The highest BCUT2D eigenvalue weighted by atomic mass is 16.6. The zero-order chi connectivity index (χ0) is 15.3. The highest BCUT2D eigenvalue weighted by molar-refractivity contribution is 5.91. The minimum atomic E-state index is -1.06. The fraction of sp³-hybridized carbons (Fsp3) is 0.467. The Morgan fingerprint density at radius 3 is 2.40 bits per heavy atom. The molecule has 5 nitrogen and oxygen atoms in total. The van der Waals surface area contributed by atoms with Crippen molar-refractivity contribution in [3.63, 3.8) is 0 Å². The molecular weight excluding hydrogens is 260 g/mol. The van der Waals surface area contributed by atoms with Gasteiger partial charge in [-0.2, -0.15) is 0 Å². The molecule has 5 heteroatoms. The molecule has 0 aliphatic carbocycles. The number of ether oxygens (including phenoxy) is 2. The molecule has 110 valence electrons. The molecule has 0 spiro atoms. The molecule has 0 saturated carbocycles. The molecule has 0 aliphatic rings. The first kappa shape index (κ1) is 16.0. The lowest BCUT2D eigenvalue weighted by Gasteiger charge is -2.19. The summed E-state index contributed by atoms with van der Waals surface area (Å²) >= 11 is 0. The molecule has 0 atom stereocenters. The Labute approximate surface area is 118 Å². The van der Waals surface area contributed by atoms with Gasteiger partial charge >= 0.3 is 11.9 Å². The van der Waals surface area contributed by atoms with E-state index in [9.17, 15) is 9.59 Å². The fourth-order valence-electron chi connectivity index (χ4n) is 1.67. The lowest BCUT2D eigenvalue weighted by molar-refractivity contribution is -0.153. The molecule has 1 aromatic rings. The minimum absolute atomic E-state index is 0.0806. The number of carbonyl (C=O) groups is 2. The lowest BCUT2D eigenvalue weighted by atomic mass is 10.1. The van der Waals surface area contributed by atoms with Gasteiger partial charge in [-0.05, 0) is 45.4 Å². The van der Waals surface area contributed by atoms with Gasteiger partial charge in [0.2, 0.25) is 0 Å². The Hall–Kier alpha value is -2.04. The molecule has 0 bridgehead atoms. The van der Waals surface area contributed by atoms with E-state index in [0.29, 0.717) is 12.2 Å². The molecule has 1 aromatic carbocycles. The van der Waals surface area contributed by atoms with Crippen LogP contribution >= 0.6 is 0 Å². The minimum Gasteiger partial charge on any atom is -0.493 e. The van der Waals surface area contributed by atoms with E-state index in [-0.39, 0.29) is 23.7 Å². The second-order valence-corrected chi connectivity index (χ2v) is 5.33. The van der Waals surface area contributed by atoms with Gasteiger partial charge in [0.25, 0.3) is 0 Å². The quantitative estimate of drug-likeness (QED) is 0.839. The van der Waals surface area contributed by atoms with Gasteiger partial charge in [-0.25, -0.2) is 4.79 Å². The van der Waals surface area contributed by atoms with Crippen LogP contribution in [0, 0.1) is 0 Å². The summed E-state index contributed by atoms with van der Waals surface area (Å²) in [5, 5.41) is 9.05. The first-order valence-corrected chi connectivity index (χ1v) is 6.44. The third kappa shape index (κ3) is 4.91. The molecule has 0 heterocycles. The van der Waals surface area contributed by atoms with Crippen LogP contribution in [0.2, 0.25) is 0 Å². The molecule has 0 aliphatic heterocycles. The maximum absolute atomic E-state index is 11.7. The normalized spacial score (nSPS) is 11.0. The fourth-order valence-corrected chi connectivity index (χ4v) is 1.67. The van der Waals surface area contributed by atoms with Gasteiger partial charge in [0.15, 0.2) is 0 Å². The summed E-state index contributed by atoms with van der Waals surface area (Å²) in [4.78, 5) is 22.8. The number of carboxylic acids is 1. The second kappa shape index (κ2) is 6.41. The average Bonchev–Trinajstić information content (AvgIpc) is 2.26. The summed E-state index contributed by atoms with van der Waals surface area (Å²) in [6, 6.07) is 4.60. The Balaban J connectivity index is 2.89. The molecule has 0 radical (unpaired) electrons. The largest absolute Gasteiger partial charge is 0.493 e. The number of hydrogen-bond acceptors (Lipinski definition) is 4. The van der Waals surface area contributed by atoms with Crippen LogP contribution in [-0.2, 0) is 16.0 Å². The van der Waals surface area contributed by atoms with Crippen LogP contribution < -0.4 is 4.74 Å². The zero-order valence-electron chi connectivity index (χ0n) is 12.2. The van der Waals surface area contributed by atoms with Crippen LogP contribution in [0.25, 0.3) is 0 Å². The monoisotopic (exact) mass is 280 g/mol. The molecular formula is C15H20O5. The summed E-state index contributed by atoms with van der Waals surface area (Å²) in [7, 11) is 0. The van der Waals surface area contributed by atoms with Gasteiger partial charge in [0.1, 0.15) is 16.9 Å². The molecule has 1 N–H and O–H groups in total. The van der Waals surface area contributed by atoms with Crippen molar-refractivity contribution in [2.75, 3.05) is 6.61 Å². The van der Waals surface area contributed by atoms with Crippen molar-refractivity contribution in [3.05, 3.63) is 29.3 Å². The van der Waals surface area contributed by atoms with E-state index in [2.05, 4.69) is 0 Å². The van der Waals surface area contributed by atoms with Crippen molar-refractivity contribution in [3.8, 4) is 5.75 Å².